The maximum Gasteiger partial charge on any atom is 0.410 e. The minimum atomic E-state index is -0.879. The van der Waals surface area contributed by atoms with Gasteiger partial charge in [0.15, 0.2) is 0 Å². The summed E-state index contributed by atoms with van der Waals surface area (Å²) in [6.07, 6.45) is 0.201. The van der Waals surface area contributed by atoms with Crippen molar-refractivity contribution >= 4 is 18.0 Å². The lowest BCUT2D eigenvalue weighted by Gasteiger charge is -2.26. The number of rotatable bonds is 0. The van der Waals surface area contributed by atoms with Gasteiger partial charge in [-0.2, -0.15) is 0 Å². The van der Waals surface area contributed by atoms with Gasteiger partial charge in [-0.15, -0.1) is 0 Å². The maximum absolute atomic E-state index is 11.9. The second-order valence-electron chi connectivity index (χ2n) is 5.60. The first-order valence-corrected chi connectivity index (χ1v) is 6.60. The molecular weight excluding hydrogens is 264 g/mol. The van der Waals surface area contributed by atoms with E-state index in [1.165, 1.54) is 12.0 Å². The van der Waals surface area contributed by atoms with Gasteiger partial charge in [0, 0.05) is 26.2 Å². The van der Waals surface area contributed by atoms with Crippen molar-refractivity contribution in [1.82, 2.24) is 9.80 Å². The Labute approximate surface area is 118 Å². The van der Waals surface area contributed by atoms with E-state index in [0.717, 1.165) is 0 Å². The molecule has 0 aromatic heterocycles. The Morgan fingerprint density at radius 1 is 0.950 bits per heavy atom. The van der Waals surface area contributed by atoms with Crippen LogP contribution in [0.25, 0.3) is 0 Å². The molecule has 0 unspecified atom stereocenters. The Morgan fingerprint density at radius 2 is 1.50 bits per heavy atom. The Bertz CT molecular complexity index is 389. The molecule has 0 N–H and O–H groups in total. The monoisotopic (exact) mass is 286 g/mol. The van der Waals surface area contributed by atoms with E-state index in [1.54, 1.807) is 25.7 Å². The Balaban J connectivity index is 2.57. The summed E-state index contributed by atoms with van der Waals surface area (Å²) in [6, 6.07) is 0. The van der Waals surface area contributed by atoms with Crippen molar-refractivity contribution in [3.05, 3.63) is 0 Å². The number of methoxy groups -OCH3 is 1. The Hall–Kier alpha value is -1.79. The maximum atomic E-state index is 11.9. The number of hydrogen-bond donors (Lipinski definition) is 0. The van der Waals surface area contributed by atoms with Gasteiger partial charge in [0.25, 0.3) is 0 Å². The number of esters is 1. The molecular formula is C13H22N2O5. The van der Waals surface area contributed by atoms with Gasteiger partial charge in [-0.1, -0.05) is 0 Å². The summed E-state index contributed by atoms with van der Waals surface area (Å²) in [5, 5.41) is 0. The third kappa shape index (κ3) is 4.71. The molecule has 20 heavy (non-hydrogen) atoms. The Kier molecular flexibility index (Phi) is 5.35. The topological polar surface area (TPSA) is 76.2 Å². The van der Waals surface area contributed by atoms with Crippen LogP contribution in [0.5, 0.6) is 0 Å². The highest BCUT2D eigenvalue weighted by atomic mass is 16.6. The van der Waals surface area contributed by atoms with E-state index >= 15 is 0 Å². The smallest absolute Gasteiger partial charge is 0.410 e. The summed E-state index contributed by atoms with van der Waals surface area (Å²) in [7, 11) is 1.17. The summed E-state index contributed by atoms with van der Waals surface area (Å²) in [6.45, 7) is 6.97. The van der Waals surface area contributed by atoms with E-state index in [-0.39, 0.29) is 0 Å². The quantitative estimate of drug-likeness (QED) is 0.482. The molecule has 7 heteroatoms. The standard InChI is InChI=1S/C13H22N2O5/c1-13(2,3)20-12(18)15-7-5-6-14(8-9-15)10(16)11(17)19-4/h5-9H2,1-4H3. The number of nitrogens with zero attached hydrogens (tertiary/aromatic N) is 2. The summed E-state index contributed by atoms with van der Waals surface area (Å²) >= 11 is 0. The summed E-state index contributed by atoms with van der Waals surface area (Å²) < 4.78 is 9.70. The van der Waals surface area contributed by atoms with Crippen molar-refractivity contribution in [2.24, 2.45) is 0 Å². The van der Waals surface area contributed by atoms with Gasteiger partial charge in [0.05, 0.1) is 7.11 Å². The third-order valence-corrected chi connectivity index (χ3v) is 2.79. The number of ether oxygens (including phenoxy) is 2. The van der Waals surface area contributed by atoms with E-state index in [9.17, 15) is 14.4 Å². The second kappa shape index (κ2) is 6.58. The molecule has 0 aliphatic carbocycles. The van der Waals surface area contributed by atoms with Crippen LogP contribution >= 0.6 is 0 Å². The van der Waals surface area contributed by atoms with Crippen molar-refractivity contribution in [1.29, 1.82) is 0 Å². The van der Waals surface area contributed by atoms with Crippen LogP contribution in [0.15, 0.2) is 0 Å². The summed E-state index contributed by atoms with van der Waals surface area (Å²) in [5.41, 5.74) is -0.551. The van der Waals surface area contributed by atoms with Gasteiger partial charge in [-0.25, -0.2) is 9.59 Å². The Morgan fingerprint density at radius 3 is 2.05 bits per heavy atom. The fraction of sp³-hybridized carbons (Fsp3) is 0.769. The highest BCUT2D eigenvalue weighted by Gasteiger charge is 2.28. The number of carbonyl (C=O) groups is 3. The van der Waals surface area contributed by atoms with Crippen molar-refractivity contribution in [2.75, 3.05) is 33.3 Å². The van der Waals surface area contributed by atoms with Gasteiger partial charge in [0.1, 0.15) is 5.60 Å². The predicted octanol–water partition coefficient (Wildman–Crippen LogP) is 0.629. The fourth-order valence-electron chi connectivity index (χ4n) is 1.85. The third-order valence-electron chi connectivity index (χ3n) is 2.79. The average molecular weight is 286 g/mol. The lowest BCUT2D eigenvalue weighted by atomic mass is 10.2. The molecule has 1 aliphatic rings. The molecule has 2 amide bonds. The predicted molar refractivity (Wildman–Crippen MR) is 71.0 cm³/mol. The lowest BCUT2D eigenvalue weighted by molar-refractivity contribution is -0.158. The van der Waals surface area contributed by atoms with Crippen molar-refractivity contribution in [3.63, 3.8) is 0 Å². The largest absolute Gasteiger partial charge is 0.462 e. The van der Waals surface area contributed by atoms with Crippen LogP contribution in [-0.2, 0) is 19.1 Å². The van der Waals surface area contributed by atoms with Gasteiger partial charge in [-0.3, -0.25) is 4.79 Å². The normalized spacial score (nSPS) is 16.4. The minimum absolute atomic E-state index is 0.299. The first kappa shape index (κ1) is 16.3. The van der Waals surface area contributed by atoms with E-state index in [1.807, 2.05) is 0 Å². The molecule has 1 fully saturated rings. The molecule has 7 nitrogen and oxygen atoms in total. The zero-order chi connectivity index (χ0) is 15.3. The molecule has 0 aromatic carbocycles. The molecule has 114 valence electrons. The number of hydrogen-bond acceptors (Lipinski definition) is 5. The van der Waals surface area contributed by atoms with Crippen molar-refractivity contribution < 1.29 is 23.9 Å². The van der Waals surface area contributed by atoms with E-state index in [2.05, 4.69) is 4.74 Å². The van der Waals surface area contributed by atoms with Crippen LogP contribution < -0.4 is 0 Å². The zero-order valence-electron chi connectivity index (χ0n) is 12.5. The highest BCUT2D eigenvalue weighted by molar-refractivity contribution is 6.32. The van der Waals surface area contributed by atoms with Gasteiger partial charge >= 0.3 is 18.0 Å². The molecule has 1 heterocycles. The molecule has 0 atom stereocenters. The molecule has 1 aliphatic heterocycles. The van der Waals surface area contributed by atoms with Crippen LogP contribution in [0.3, 0.4) is 0 Å². The number of amides is 2. The SMILES string of the molecule is COC(=O)C(=O)N1CCCN(C(=O)OC(C)(C)C)CC1. The van der Waals surface area contributed by atoms with E-state index < -0.39 is 23.6 Å². The number of carbonyl (C=O) groups excluding carboxylic acids is 3. The van der Waals surface area contributed by atoms with E-state index in [0.29, 0.717) is 32.6 Å². The van der Waals surface area contributed by atoms with Crippen LogP contribution in [0.4, 0.5) is 4.79 Å². The molecule has 0 spiro atoms. The van der Waals surface area contributed by atoms with Crippen LogP contribution in [-0.4, -0.2) is 66.7 Å². The first-order valence-electron chi connectivity index (χ1n) is 6.60. The first-order chi connectivity index (χ1) is 9.24. The summed E-state index contributed by atoms with van der Waals surface area (Å²) in [4.78, 5) is 37.8. The van der Waals surface area contributed by atoms with Gasteiger partial charge in [0.2, 0.25) is 0 Å². The molecule has 1 saturated heterocycles. The molecule has 0 radical (unpaired) electrons. The average Bonchev–Trinajstić information content (AvgIpc) is 2.60. The molecule has 1 rings (SSSR count). The zero-order valence-corrected chi connectivity index (χ0v) is 12.5. The molecule has 0 aromatic rings. The summed E-state index contributed by atoms with van der Waals surface area (Å²) in [5.74, 6) is -1.55. The van der Waals surface area contributed by atoms with Gasteiger partial charge < -0.3 is 19.3 Å². The van der Waals surface area contributed by atoms with Crippen LogP contribution in [0.1, 0.15) is 27.2 Å². The highest BCUT2D eigenvalue weighted by Crippen LogP contribution is 2.12. The fourth-order valence-corrected chi connectivity index (χ4v) is 1.85. The lowest BCUT2D eigenvalue weighted by Crippen LogP contribution is -2.41. The van der Waals surface area contributed by atoms with E-state index in [4.69, 9.17) is 4.74 Å². The minimum Gasteiger partial charge on any atom is -0.462 e. The van der Waals surface area contributed by atoms with Crippen LogP contribution in [0, 0.1) is 0 Å². The van der Waals surface area contributed by atoms with Gasteiger partial charge in [-0.05, 0) is 27.2 Å². The molecule has 0 saturated carbocycles. The second-order valence-corrected chi connectivity index (χ2v) is 5.60. The van der Waals surface area contributed by atoms with Crippen molar-refractivity contribution in [3.8, 4) is 0 Å². The van der Waals surface area contributed by atoms with Crippen molar-refractivity contribution in [2.45, 2.75) is 32.8 Å². The molecule has 0 bridgehead atoms. The van der Waals surface area contributed by atoms with Crippen LogP contribution in [0.2, 0.25) is 0 Å².